The molecule has 2 saturated heterocycles. The van der Waals surface area contributed by atoms with Gasteiger partial charge in [0.2, 0.25) is 0 Å². The van der Waals surface area contributed by atoms with Crippen LogP contribution in [0.15, 0.2) is 18.2 Å². The van der Waals surface area contributed by atoms with Gasteiger partial charge in [0.25, 0.3) is 5.91 Å². The van der Waals surface area contributed by atoms with Crippen molar-refractivity contribution in [1.29, 1.82) is 0 Å². The van der Waals surface area contributed by atoms with E-state index in [4.69, 9.17) is 17.4 Å². The third-order valence-corrected chi connectivity index (χ3v) is 4.80. The number of hydrogen-bond donors (Lipinski definition) is 2. The molecule has 1 aromatic carbocycles. The quantitative estimate of drug-likeness (QED) is 0.647. The molecule has 0 aromatic heterocycles. The number of anilines is 1. The Morgan fingerprint density at radius 2 is 2.24 bits per heavy atom. The average Bonchev–Trinajstić information content (AvgIpc) is 2.92. The molecule has 1 aromatic rings. The summed E-state index contributed by atoms with van der Waals surface area (Å²) >= 11 is 6.03. The minimum atomic E-state index is 0.00417. The van der Waals surface area contributed by atoms with Gasteiger partial charge < -0.3 is 10.3 Å². The van der Waals surface area contributed by atoms with Crippen molar-refractivity contribution < 1.29 is 4.79 Å². The van der Waals surface area contributed by atoms with E-state index in [1.165, 1.54) is 12.8 Å². The normalized spacial score (nSPS) is 25.8. The van der Waals surface area contributed by atoms with Crippen LogP contribution in [0.2, 0.25) is 5.02 Å². The highest BCUT2D eigenvalue weighted by Gasteiger charge is 2.37. The first-order valence-corrected chi connectivity index (χ1v) is 7.79. The van der Waals surface area contributed by atoms with E-state index in [0.29, 0.717) is 22.3 Å². The lowest BCUT2D eigenvalue weighted by molar-refractivity contribution is 0.0396. The summed E-state index contributed by atoms with van der Waals surface area (Å²) in [6.45, 7) is 5.00. The number of amides is 1. The van der Waals surface area contributed by atoms with Crippen LogP contribution in [-0.2, 0) is 0 Å². The number of nitrogens with one attached hydrogen (secondary N) is 1. The minimum absolute atomic E-state index is 0.00417. The summed E-state index contributed by atoms with van der Waals surface area (Å²) in [4.78, 5) is 17.3. The molecule has 3 N–H and O–H groups in total. The van der Waals surface area contributed by atoms with Gasteiger partial charge in [-0.25, -0.2) is 0 Å². The fourth-order valence-electron chi connectivity index (χ4n) is 3.44. The largest absolute Gasteiger partial charge is 0.333 e. The maximum Gasteiger partial charge on any atom is 0.256 e. The van der Waals surface area contributed by atoms with Crippen molar-refractivity contribution in [2.75, 3.05) is 25.1 Å². The highest BCUT2D eigenvalue weighted by atomic mass is 35.5. The number of fused-ring (bicyclic) bond motifs is 1. The molecule has 0 spiro atoms. The zero-order chi connectivity index (χ0) is 15.0. The van der Waals surface area contributed by atoms with E-state index < -0.39 is 0 Å². The molecule has 21 heavy (non-hydrogen) atoms. The first-order valence-electron chi connectivity index (χ1n) is 7.41. The van der Waals surface area contributed by atoms with E-state index in [0.717, 1.165) is 19.6 Å². The molecule has 0 radical (unpaired) electrons. The van der Waals surface area contributed by atoms with Crippen molar-refractivity contribution in [3.05, 3.63) is 28.8 Å². The summed E-state index contributed by atoms with van der Waals surface area (Å²) in [5, 5.41) is 0.546. The van der Waals surface area contributed by atoms with Crippen molar-refractivity contribution in [2.24, 2.45) is 5.84 Å². The molecule has 0 bridgehead atoms. The first-order chi connectivity index (χ1) is 10.1. The highest BCUT2D eigenvalue weighted by molar-refractivity contribution is 6.31. The van der Waals surface area contributed by atoms with Crippen LogP contribution < -0.4 is 11.3 Å². The number of nitrogens with zero attached hydrogens (tertiary/aromatic N) is 2. The lowest BCUT2D eigenvalue weighted by Gasteiger charge is -2.42. The Balaban J connectivity index is 1.86. The van der Waals surface area contributed by atoms with Crippen LogP contribution in [0.1, 0.15) is 30.1 Å². The number of rotatable bonds is 2. The number of carbonyl (C=O) groups excluding carboxylic acids is 1. The molecule has 114 valence electrons. The van der Waals surface area contributed by atoms with E-state index in [-0.39, 0.29) is 11.9 Å². The van der Waals surface area contributed by atoms with Crippen LogP contribution in [0.3, 0.4) is 0 Å². The van der Waals surface area contributed by atoms with Gasteiger partial charge in [-0.3, -0.25) is 15.5 Å². The molecule has 6 heteroatoms. The smallest absolute Gasteiger partial charge is 0.256 e. The van der Waals surface area contributed by atoms with Crippen LogP contribution >= 0.6 is 11.6 Å². The molecule has 0 saturated carbocycles. The number of benzene rings is 1. The number of hydrazine groups is 1. The second-order valence-electron chi connectivity index (χ2n) is 5.93. The molecular weight excluding hydrogens is 288 g/mol. The predicted molar refractivity (Wildman–Crippen MR) is 84.4 cm³/mol. The molecule has 2 heterocycles. The van der Waals surface area contributed by atoms with Gasteiger partial charge in [-0.2, -0.15) is 0 Å². The second kappa shape index (κ2) is 5.83. The Morgan fingerprint density at radius 3 is 3.00 bits per heavy atom. The molecule has 2 fully saturated rings. The summed E-state index contributed by atoms with van der Waals surface area (Å²) in [6.07, 6.45) is 2.40. The van der Waals surface area contributed by atoms with Gasteiger partial charge in [0, 0.05) is 30.2 Å². The van der Waals surface area contributed by atoms with Crippen LogP contribution in [0.5, 0.6) is 0 Å². The van der Waals surface area contributed by atoms with Crippen molar-refractivity contribution in [3.63, 3.8) is 0 Å². The number of hydrogen-bond acceptors (Lipinski definition) is 4. The maximum absolute atomic E-state index is 12.9. The Bertz CT molecular complexity index is 550. The van der Waals surface area contributed by atoms with Gasteiger partial charge in [0.05, 0.1) is 11.3 Å². The molecule has 2 aliphatic rings. The van der Waals surface area contributed by atoms with Gasteiger partial charge in [-0.15, -0.1) is 0 Å². The molecule has 0 aliphatic carbocycles. The van der Waals surface area contributed by atoms with E-state index >= 15 is 0 Å². The summed E-state index contributed by atoms with van der Waals surface area (Å²) in [6, 6.07) is 5.86. The Morgan fingerprint density at radius 1 is 1.43 bits per heavy atom. The number of carbonyl (C=O) groups is 1. The first kappa shape index (κ1) is 14.6. The molecule has 5 nitrogen and oxygen atoms in total. The topological polar surface area (TPSA) is 61.6 Å². The molecule has 2 unspecified atom stereocenters. The Kier molecular flexibility index (Phi) is 4.06. The number of piperazine rings is 1. The number of nitrogen functional groups attached to an aromatic ring is 1. The average molecular weight is 309 g/mol. The summed E-state index contributed by atoms with van der Waals surface area (Å²) in [5.41, 5.74) is 3.75. The van der Waals surface area contributed by atoms with E-state index in [1.807, 2.05) is 4.90 Å². The zero-order valence-electron chi connectivity index (χ0n) is 12.2. The highest BCUT2D eigenvalue weighted by Crippen LogP contribution is 2.28. The molecular formula is C15H21ClN4O. The Hall–Kier alpha value is -1.30. The van der Waals surface area contributed by atoms with E-state index in [2.05, 4.69) is 17.2 Å². The molecule has 2 atom stereocenters. The van der Waals surface area contributed by atoms with Crippen molar-refractivity contribution in [1.82, 2.24) is 9.80 Å². The standard InChI is InChI=1S/C15H21ClN4O/c1-10-8-19-6-2-3-12(19)9-20(10)15(21)13-7-11(16)4-5-14(13)18-17/h4-5,7,10,12,18H,2-3,6,8-9,17H2,1H3. The summed E-state index contributed by atoms with van der Waals surface area (Å²) in [7, 11) is 0. The fraction of sp³-hybridized carbons (Fsp3) is 0.533. The van der Waals surface area contributed by atoms with Gasteiger partial charge in [-0.1, -0.05) is 11.6 Å². The van der Waals surface area contributed by atoms with Gasteiger partial charge in [0.1, 0.15) is 0 Å². The van der Waals surface area contributed by atoms with Crippen LogP contribution in [-0.4, -0.2) is 47.4 Å². The van der Waals surface area contributed by atoms with E-state index in [1.54, 1.807) is 18.2 Å². The molecule has 1 amide bonds. The van der Waals surface area contributed by atoms with Gasteiger partial charge >= 0.3 is 0 Å². The van der Waals surface area contributed by atoms with Gasteiger partial charge in [-0.05, 0) is 44.5 Å². The predicted octanol–water partition coefficient (Wildman–Crippen LogP) is 1.93. The molecule has 2 aliphatic heterocycles. The minimum Gasteiger partial charge on any atom is -0.333 e. The fourth-order valence-corrected chi connectivity index (χ4v) is 3.62. The summed E-state index contributed by atoms with van der Waals surface area (Å²) < 4.78 is 0. The van der Waals surface area contributed by atoms with Crippen molar-refractivity contribution >= 4 is 23.2 Å². The Labute approximate surface area is 130 Å². The zero-order valence-corrected chi connectivity index (χ0v) is 12.9. The lowest BCUT2D eigenvalue weighted by atomic mass is 10.1. The van der Waals surface area contributed by atoms with Crippen LogP contribution in [0, 0.1) is 0 Å². The van der Waals surface area contributed by atoms with Crippen LogP contribution in [0.4, 0.5) is 5.69 Å². The monoisotopic (exact) mass is 308 g/mol. The van der Waals surface area contributed by atoms with Crippen molar-refractivity contribution in [3.8, 4) is 0 Å². The van der Waals surface area contributed by atoms with Crippen LogP contribution in [0.25, 0.3) is 0 Å². The molecule has 3 rings (SSSR count). The third kappa shape index (κ3) is 2.73. The maximum atomic E-state index is 12.9. The summed E-state index contributed by atoms with van der Waals surface area (Å²) in [5.74, 6) is 5.52. The third-order valence-electron chi connectivity index (χ3n) is 4.57. The second-order valence-corrected chi connectivity index (χ2v) is 6.37. The van der Waals surface area contributed by atoms with E-state index in [9.17, 15) is 4.79 Å². The lowest BCUT2D eigenvalue weighted by Crippen LogP contribution is -2.56. The number of halogens is 1. The SMILES string of the molecule is CC1CN2CCCC2CN1C(=O)c1cc(Cl)ccc1NN. The number of nitrogens with two attached hydrogens (primary N) is 1. The van der Waals surface area contributed by atoms with Gasteiger partial charge in [0.15, 0.2) is 0 Å². The van der Waals surface area contributed by atoms with Crippen molar-refractivity contribution in [2.45, 2.75) is 31.8 Å².